The van der Waals surface area contributed by atoms with Crippen LogP contribution >= 0.6 is 11.6 Å². The van der Waals surface area contributed by atoms with E-state index in [1.165, 1.54) is 18.2 Å². The second-order valence-corrected chi connectivity index (χ2v) is 5.86. The van der Waals surface area contributed by atoms with E-state index in [1.807, 2.05) is 6.07 Å². The third-order valence-electron chi connectivity index (χ3n) is 2.34. The summed E-state index contributed by atoms with van der Waals surface area (Å²) in [5.74, 6) is -0.778. The summed E-state index contributed by atoms with van der Waals surface area (Å²) in [6, 6.07) is 6.79. The number of sulfonamides is 1. The molecule has 2 aromatic rings. The second kappa shape index (κ2) is 5.45. The van der Waals surface area contributed by atoms with Crippen molar-refractivity contribution in [1.82, 2.24) is 4.98 Å². The Bertz CT molecular complexity index is 803. The van der Waals surface area contributed by atoms with Crippen molar-refractivity contribution >= 4 is 27.3 Å². The van der Waals surface area contributed by atoms with Gasteiger partial charge >= 0.3 is 0 Å². The predicted molar refractivity (Wildman–Crippen MR) is 71.2 cm³/mol. The van der Waals surface area contributed by atoms with E-state index in [9.17, 15) is 12.8 Å². The van der Waals surface area contributed by atoms with Crippen molar-refractivity contribution in [3.8, 4) is 6.07 Å². The smallest absolute Gasteiger partial charge is 0.263 e. The standard InChI is InChI=1S/C12H7ClFN3O2S/c13-9-2-1-8(5-15)12(3-9)17-20(18,19)11-4-10(14)6-16-7-11/h1-4,6-7,17H. The van der Waals surface area contributed by atoms with Gasteiger partial charge in [0, 0.05) is 11.2 Å². The van der Waals surface area contributed by atoms with Crippen LogP contribution in [0.4, 0.5) is 10.1 Å². The quantitative estimate of drug-likeness (QED) is 0.944. The largest absolute Gasteiger partial charge is 0.278 e. The highest BCUT2D eigenvalue weighted by Crippen LogP contribution is 2.23. The SMILES string of the molecule is N#Cc1ccc(Cl)cc1NS(=O)(=O)c1cncc(F)c1. The molecule has 0 saturated heterocycles. The third-order valence-corrected chi connectivity index (χ3v) is 3.90. The van der Waals surface area contributed by atoms with E-state index in [1.54, 1.807) is 0 Å². The summed E-state index contributed by atoms with van der Waals surface area (Å²) in [4.78, 5) is 3.12. The maximum absolute atomic E-state index is 13.0. The maximum atomic E-state index is 13.0. The first kappa shape index (κ1) is 14.2. The van der Waals surface area contributed by atoms with Gasteiger partial charge in [-0.1, -0.05) is 11.6 Å². The molecule has 1 aromatic carbocycles. The van der Waals surface area contributed by atoms with Crippen molar-refractivity contribution in [2.45, 2.75) is 4.90 Å². The zero-order valence-corrected chi connectivity index (χ0v) is 11.4. The fraction of sp³-hybridized carbons (Fsp3) is 0. The van der Waals surface area contributed by atoms with E-state index in [2.05, 4.69) is 9.71 Å². The number of nitrogens with one attached hydrogen (secondary N) is 1. The molecule has 0 aliphatic carbocycles. The molecule has 0 radical (unpaired) electrons. The molecule has 1 aromatic heterocycles. The van der Waals surface area contributed by atoms with Gasteiger partial charge in [0.1, 0.15) is 16.8 Å². The van der Waals surface area contributed by atoms with Crippen LogP contribution < -0.4 is 4.72 Å². The van der Waals surface area contributed by atoms with Gasteiger partial charge < -0.3 is 0 Å². The average Bonchev–Trinajstić information content (AvgIpc) is 2.38. The van der Waals surface area contributed by atoms with Crippen LogP contribution in [0.25, 0.3) is 0 Å². The molecule has 2 rings (SSSR count). The molecule has 0 saturated carbocycles. The van der Waals surface area contributed by atoms with E-state index in [4.69, 9.17) is 16.9 Å². The summed E-state index contributed by atoms with van der Waals surface area (Å²) in [5.41, 5.74) is 0.117. The number of pyridine rings is 1. The zero-order chi connectivity index (χ0) is 14.8. The molecular formula is C12H7ClFN3O2S. The van der Waals surface area contributed by atoms with Crippen molar-refractivity contribution in [3.63, 3.8) is 0 Å². The van der Waals surface area contributed by atoms with Crippen molar-refractivity contribution in [2.24, 2.45) is 0 Å². The molecule has 0 atom stereocenters. The number of nitriles is 1. The molecule has 102 valence electrons. The molecule has 1 N–H and O–H groups in total. The minimum Gasteiger partial charge on any atom is -0.278 e. The van der Waals surface area contributed by atoms with Gasteiger partial charge in [-0.2, -0.15) is 5.26 Å². The van der Waals surface area contributed by atoms with Crippen LogP contribution in [-0.4, -0.2) is 13.4 Å². The Kier molecular flexibility index (Phi) is 3.88. The molecule has 8 heteroatoms. The Morgan fingerprint density at radius 3 is 2.70 bits per heavy atom. The minimum atomic E-state index is -4.05. The van der Waals surface area contributed by atoms with E-state index in [0.717, 1.165) is 18.5 Å². The molecule has 0 bridgehead atoms. The van der Waals surface area contributed by atoms with Crippen molar-refractivity contribution < 1.29 is 12.8 Å². The molecule has 0 aliphatic heterocycles. The summed E-state index contributed by atoms with van der Waals surface area (Å²) in [6.07, 6.45) is 1.89. The predicted octanol–water partition coefficient (Wildman–Crippen LogP) is 2.55. The van der Waals surface area contributed by atoms with E-state index >= 15 is 0 Å². The normalized spacial score (nSPS) is 10.8. The lowest BCUT2D eigenvalue weighted by Crippen LogP contribution is -2.14. The molecule has 0 fully saturated rings. The number of nitrogens with zero attached hydrogens (tertiary/aromatic N) is 2. The highest BCUT2D eigenvalue weighted by atomic mass is 35.5. The Morgan fingerprint density at radius 1 is 1.30 bits per heavy atom. The van der Waals surface area contributed by atoms with Crippen LogP contribution in [0.5, 0.6) is 0 Å². The molecule has 0 amide bonds. The number of hydrogen-bond acceptors (Lipinski definition) is 4. The van der Waals surface area contributed by atoms with E-state index in [-0.39, 0.29) is 21.2 Å². The van der Waals surface area contributed by atoms with E-state index in [0.29, 0.717) is 0 Å². The van der Waals surface area contributed by atoms with Gasteiger partial charge in [0.2, 0.25) is 0 Å². The van der Waals surface area contributed by atoms with Gasteiger partial charge in [0.15, 0.2) is 0 Å². The summed E-state index contributed by atoms with van der Waals surface area (Å²) in [6.45, 7) is 0. The van der Waals surface area contributed by atoms with Crippen LogP contribution in [0.2, 0.25) is 5.02 Å². The van der Waals surface area contributed by atoms with E-state index < -0.39 is 15.8 Å². The number of hydrogen-bond donors (Lipinski definition) is 1. The number of rotatable bonds is 3. The van der Waals surface area contributed by atoms with Crippen molar-refractivity contribution in [2.75, 3.05) is 4.72 Å². The maximum Gasteiger partial charge on any atom is 0.263 e. The Morgan fingerprint density at radius 2 is 2.05 bits per heavy atom. The van der Waals surface area contributed by atoms with Crippen LogP contribution in [-0.2, 0) is 10.0 Å². The van der Waals surface area contributed by atoms with Crippen LogP contribution in [0.3, 0.4) is 0 Å². The van der Waals surface area contributed by atoms with Crippen LogP contribution in [0.15, 0.2) is 41.6 Å². The number of anilines is 1. The number of aromatic nitrogens is 1. The first-order valence-electron chi connectivity index (χ1n) is 5.25. The third kappa shape index (κ3) is 3.04. The van der Waals surface area contributed by atoms with Gasteiger partial charge in [-0.3, -0.25) is 9.71 Å². The summed E-state index contributed by atoms with van der Waals surface area (Å²) >= 11 is 5.76. The minimum absolute atomic E-state index is 0.0178. The lowest BCUT2D eigenvalue weighted by Gasteiger charge is -2.09. The molecular weight excluding hydrogens is 305 g/mol. The summed E-state index contributed by atoms with van der Waals surface area (Å²) in [7, 11) is -4.05. The Hall–Kier alpha value is -2.17. The number of benzene rings is 1. The zero-order valence-electron chi connectivity index (χ0n) is 9.84. The molecule has 20 heavy (non-hydrogen) atoms. The van der Waals surface area contributed by atoms with Crippen LogP contribution in [0, 0.1) is 17.1 Å². The molecule has 0 spiro atoms. The van der Waals surface area contributed by atoms with Crippen LogP contribution in [0.1, 0.15) is 5.56 Å². The van der Waals surface area contributed by atoms with Gasteiger partial charge in [-0.05, 0) is 24.3 Å². The molecule has 1 heterocycles. The average molecular weight is 312 g/mol. The highest BCUT2D eigenvalue weighted by molar-refractivity contribution is 7.92. The fourth-order valence-electron chi connectivity index (χ4n) is 1.44. The summed E-state index contributed by atoms with van der Waals surface area (Å²) in [5, 5.41) is 9.18. The summed E-state index contributed by atoms with van der Waals surface area (Å²) < 4.78 is 39.3. The first-order valence-corrected chi connectivity index (χ1v) is 7.11. The second-order valence-electron chi connectivity index (χ2n) is 3.75. The van der Waals surface area contributed by atoms with Crippen molar-refractivity contribution in [1.29, 1.82) is 5.26 Å². The monoisotopic (exact) mass is 311 g/mol. The molecule has 0 aliphatic rings. The molecule has 0 unspecified atom stereocenters. The van der Waals surface area contributed by atoms with Crippen molar-refractivity contribution in [3.05, 3.63) is 53.1 Å². The molecule has 5 nitrogen and oxygen atoms in total. The Labute approximate surface area is 119 Å². The first-order chi connectivity index (χ1) is 9.42. The van der Waals surface area contributed by atoms with Gasteiger partial charge in [0.05, 0.1) is 17.4 Å². The topological polar surface area (TPSA) is 82.9 Å². The Balaban J connectivity index is 2.44. The van der Waals surface area contributed by atoms with Gasteiger partial charge in [-0.15, -0.1) is 0 Å². The van der Waals surface area contributed by atoms with Gasteiger partial charge in [0.25, 0.3) is 10.0 Å². The fourth-order valence-corrected chi connectivity index (χ4v) is 2.66. The lowest BCUT2D eigenvalue weighted by atomic mass is 10.2. The number of halogens is 2. The lowest BCUT2D eigenvalue weighted by molar-refractivity contribution is 0.592. The van der Waals surface area contributed by atoms with Gasteiger partial charge in [-0.25, -0.2) is 12.8 Å². The highest BCUT2D eigenvalue weighted by Gasteiger charge is 2.17.